The maximum atomic E-state index is 12.5. The molecule has 1 aromatic rings. The molecule has 1 saturated heterocycles. The average molecular weight is 386 g/mol. The summed E-state index contributed by atoms with van der Waals surface area (Å²) in [4.78, 5) is 32.1. The van der Waals surface area contributed by atoms with Crippen molar-refractivity contribution in [3.63, 3.8) is 0 Å². The van der Waals surface area contributed by atoms with Crippen LogP contribution in [0.2, 0.25) is 0 Å². The van der Waals surface area contributed by atoms with Gasteiger partial charge in [-0.2, -0.15) is 0 Å². The lowest BCUT2D eigenvalue weighted by Gasteiger charge is -2.22. The molecule has 2 N–H and O–H groups in total. The van der Waals surface area contributed by atoms with E-state index in [1.165, 1.54) is 5.56 Å². The number of nitrogens with one attached hydrogen (secondary N) is 2. The Morgan fingerprint density at radius 1 is 1.29 bits per heavy atom. The molecule has 0 bridgehead atoms. The summed E-state index contributed by atoms with van der Waals surface area (Å²) in [5, 5.41) is 9.92. The van der Waals surface area contributed by atoms with Gasteiger partial charge in [-0.05, 0) is 17.9 Å². The zero-order valence-electron chi connectivity index (χ0n) is 16.7. The van der Waals surface area contributed by atoms with Crippen LogP contribution in [0.4, 0.5) is 4.79 Å². The first-order valence-electron chi connectivity index (χ1n) is 10.1. The van der Waals surface area contributed by atoms with Crippen molar-refractivity contribution < 1.29 is 14.4 Å². The zero-order valence-corrected chi connectivity index (χ0v) is 16.7. The maximum Gasteiger partial charge on any atom is 0.317 e. The van der Waals surface area contributed by atoms with Crippen LogP contribution >= 0.6 is 0 Å². The van der Waals surface area contributed by atoms with E-state index in [0.29, 0.717) is 44.7 Å². The number of carbonyl (C=O) groups is 2. The van der Waals surface area contributed by atoms with E-state index in [0.717, 1.165) is 12.8 Å². The Morgan fingerprint density at radius 2 is 2.07 bits per heavy atom. The molecule has 3 amide bonds. The predicted molar refractivity (Wildman–Crippen MR) is 108 cm³/mol. The Labute approximate surface area is 166 Å². The van der Waals surface area contributed by atoms with Crippen LogP contribution in [-0.4, -0.2) is 54.3 Å². The molecule has 1 fully saturated rings. The fraction of sp³-hybridized carbons (Fsp3) is 0.571. The fourth-order valence-electron chi connectivity index (χ4n) is 3.61. The highest BCUT2D eigenvalue weighted by atomic mass is 16.7. The molecule has 0 radical (unpaired) electrons. The summed E-state index contributed by atoms with van der Waals surface area (Å²) in [7, 11) is 0. The smallest absolute Gasteiger partial charge is 0.317 e. The Kier molecular flexibility index (Phi) is 6.54. The number of hydrogen-bond acceptors (Lipinski definition) is 4. The molecule has 0 aliphatic carbocycles. The largest absolute Gasteiger partial charge is 0.386 e. The second-order valence-electron chi connectivity index (χ2n) is 7.77. The van der Waals surface area contributed by atoms with E-state index in [2.05, 4.69) is 41.8 Å². The number of nitrogens with zero attached hydrogens (tertiary/aromatic N) is 2. The van der Waals surface area contributed by atoms with E-state index < -0.39 is 5.60 Å². The van der Waals surface area contributed by atoms with E-state index in [1.807, 2.05) is 18.2 Å². The third-order valence-electron chi connectivity index (χ3n) is 5.45. The topological polar surface area (TPSA) is 83.0 Å². The predicted octanol–water partition coefficient (Wildman–Crippen LogP) is 2.64. The number of amides is 3. The molecule has 2 heterocycles. The summed E-state index contributed by atoms with van der Waals surface area (Å²) in [6, 6.07) is 10.0. The van der Waals surface area contributed by atoms with Crippen LogP contribution in [0.3, 0.4) is 0 Å². The first-order chi connectivity index (χ1) is 13.5. The van der Waals surface area contributed by atoms with Crippen LogP contribution in [-0.2, 0) is 9.63 Å². The van der Waals surface area contributed by atoms with Gasteiger partial charge >= 0.3 is 6.03 Å². The number of oxime groups is 1. The number of likely N-dealkylation sites (tertiary alicyclic amines) is 1. The van der Waals surface area contributed by atoms with Gasteiger partial charge in [0.1, 0.15) is 5.71 Å². The molecule has 0 unspecified atom stereocenters. The normalized spacial score (nSPS) is 21.9. The first-order valence-corrected chi connectivity index (χ1v) is 10.1. The monoisotopic (exact) mass is 386 g/mol. The lowest BCUT2D eigenvalue weighted by molar-refractivity contribution is -0.115. The van der Waals surface area contributed by atoms with E-state index >= 15 is 0 Å². The zero-order chi connectivity index (χ0) is 20.0. The first kappa shape index (κ1) is 20.2. The average Bonchev–Trinajstić information content (AvgIpc) is 3.34. The number of carbonyl (C=O) groups excluding carboxylic acids is 2. The number of unbranched alkanes of at least 4 members (excludes halogenated alkanes) is 1. The fourth-order valence-corrected chi connectivity index (χ4v) is 3.61. The SMILES string of the molecule is CCCCNC(=O)N1CC[C@]2(CC(C(=O)NC[C@@H](C)c3ccccc3)=NO2)C1. The van der Waals surface area contributed by atoms with Gasteiger partial charge < -0.3 is 20.4 Å². The van der Waals surface area contributed by atoms with Crippen LogP contribution in [0.1, 0.15) is 51.0 Å². The Hall–Kier alpha value is -2.57. The van der Waals surface area contributed by atoms with Crippen LogP contribution < -0.4 is 10.6 Å². The Morgan fingerprint density at radius 3 is 2.82 bits per heavy atom. The Bertz CT molecular complexity index is 722. The van der Waals surface area contributed by atoms with Gasteiger partial charge in [-0.25, -0.2) is 4.79 Å². The highest BCUT2D eigenvalue weighted by Gasteiger charge is 2.47. The van der Waals surface area contributed by atoms with E-state index in [4.69, 9.17) is 4.84 Å². The molecular formula is C21H30N4O3. The highest BCUT2D eigenvalue weighted by molar-refractivity contribution is 6.39. The Balaban J connectivity index is 1.45. The van der Waals surface area contributed by atoms with Crippen molar-refractivity contribution in [1.29, 1.82) is 0 Å². The summed E-state index contributed by atoms with van der Waals surface area (Å²) >= 11 is 0. The van der Waals surface area contributed by atoms with Gasteiger partial charge in [0.2, 0.25) is 0 Å². The summed E-state index contributed by atoms with van der Waals surface area (Å²) in [6.45, 7) is 6.48. The minimum Gasteiger partial charge on any atom is -0.386 e. The van der Waals surface area contributed by atoms with Gasteiger partial charge in [0, 0.05) is 32.5 Å². The lowest BCUT2D eigenvalue weighted by atomic mass is 9.96. The van der Waals surface area contributed by atoms with Crippen LogP contribution in [0, 0.1) is 0 Å². The lowest BCUT2D eigenvalue weighted by Crippen LogP contribution is -2.42. The van der Waals surface area contributed by atoms with Crippen molar-refractivity contribution in [3.8, 4) is 0 Å². The van der Waals surface area contributed by atoms with Crippen molar-refractivity contribution in [2.75, 3.05) is 26.2 Å². The van der Waals surface area contributed by atoms with Gasteiger partial charge in [-0.15, -0.1) is 0 Å². The molecular weight excluding hydrogens is 356 g/mol. The van der Waals surface area contributed by atoms with Gasteiger partial charge in [-0.1, -0.05) is 55.8 Å². The van der Waals surface area contributed by atoms with Gasteiger partial charge in [0.25, 0.3) is 5.91 Å². The number of benzene rings is 1. The second kappa shape index (κ2) is 9.08. The molecule has 2 atom stereocenters. The third kappa shape index (κ3) is 4.82. The van der Waals surface area contributed by atoms with E-state index in [9.17, 15) is 9.59 Å². The van der Waals surface area contributed by atoms with E-state index in [1.54, 1.807) is 4.90 Å². The van der Waals surface area contributed by atoms with Crippen molar-refractivity contribution in [1.82, 2.24) is 15.5 Å². The summed E-state index contributed by atoms with van der Waals surface area (Å²) in [6.07, 6.45) is 3.14. The molecule has 152 valence electrons. The number of urea groups is 1. The molecule has 28 heavy (non-hydrogen) atoms. The number of rotatable bonds is 7. The summed E-state index contributed by atoms with van der Waals surface area (Å²) < 4.78 is 0. The standard InChI is InChI=1S/C21H30N4O3/c1-3-4-11-22-20(27)25-12-10-21(15-25)13-18(24-28-21)19(26)23-14-16(2)17-8-6-5-7-9-17/h5-9,16H,3-4,10-15H2,1-2H3,(H,22,27)(H,23,26)/t16-,21+/m1/s1. The quantitative estimate of drug-likeness (QED) is 0.707. The molecule has 0 aromatic heterocycles. The molecule has 1 aromatic carbocycles. The van der Waals surface area contributed by atoms with Gasteiger partial charge in [0.05, 0.1) is 6.54 Å². The van der Waals surface area contributed by atoms with Crippen LogP contribution in [0.15, 0.2) is 35.5 Å². The van der Waals surface area contributed by atoms with Crippen LogP contribution in [0.5, 0.6) is 0 Å². The molecule has 2 aliphatic heterocycles. The van der Waals surface area contributed by atoms with Crippen LogP contribution in [0.25, 0.3) is 0 Å². The highest BCUT2D eigenvalue weighted by Crippen LogP contribution is 2.33. The number of hydrogen-bond donors (Lipinski definition) is 2. The molecule has 2 aliphatic rings. The van der Waals surface area contributed by atoms with E-state index in [-0.39, 0.29) is 17.9 Å². The molecule has 1 spiro atoms. The minimum atomic E-state index is -0.556. The molecule has 7 nitrogen and oxygen atoms in total. The van der Waals surface area contributed by atoms with Gasteiger partial charge in [-0.3, -0.25) is 4.79 Å². The minimum absolute atomic E-state index is 0.0662. The molecule has 7 heteroatoms. The van der Waals surface area contributed by atoms with Crippen molar-refractivity contribution in [2.24, 2.45) is 5.16 Å². The van der Waals surface area contributed by atoms with Crippen molar-refractivity contribution in [2.45, 2.75) is 51.0 Å². The summed E-state index contributed by atoms with van der Waals surface area (Å²) in [5.41, 5.74) is 1.04. The second-order valence-corrected chi connectivity index (χ2v) is 7.77. The maximum absolute atomic E-state index is 12.5. The third-order valence-corrected chi connectivity index (χ3v) is 5.45. The molecule has 0 saturated carbocycles. The summed E-state index contributed by atoms with van der Waals surface area (Å²) in [5.74, 6) is 0.0290. The van der Waals surface area contributed by atoms with Crippen molar-refractivity contribution in [3.05, 3.63) is 35.9 Å². The molecule has 3 rings (SSSR count). The van der Waals surface area contributed by atoms with Gasteiger partial charge in [0.15, 0.2) is 5.60 Å². The van der Waals surface area contributed by atoms with Crippen molar-refractivity contribution >= 4 is 17.6 Å².